The van der Waals surface area contributed by atoms with Crippen molar-refractivity contribution in [1.29, 1.82) is 0 Å². The quantitative estimate of drug-likeness (QED) is 0.720. The fraction of sp³-hybridized carbons (Fsp3) is 0.273. The van der Waals surface area contributed by atoms with Crippen LogP contribution in [0.4, 0.5) is 0 Å². The number of aliphatic hydroxyl groups is 1. The lowest BCUT2D eigenvalue weighted by Crippen LogP contribution is -2.04. The summed E-state index contributed by atoms with van der Waals surface area (Å²) in [5.74, 6) is 0. The van der Waals surface area contributed by atoms with Crippen molar-refractivity contribution in [3.8, 4) is 0 Å². The number of aromatic nitrogens is 1. The highest BCUT2D eigenvalue weighted by Gasteiger charge is 2.03. The van der Waals surface area contributed by atoms with Crippen LogP contribution < -0.4 is 0 Å². The summed E-state index contributed by atoms with van der Waals surface area (Å²) in [5, 5.41) is 10.5. The van der Waals surface area contributed by atoms with Gasteiger partial charge in [0.25, 0.3) is 0 Å². The standard InChI is InChI=1S/C11H13NO/c1-8(13)7-9-3-2-4-11-10(9)5-6-12-11/h2-6,8,12-13H,7H2,1H3/t8-/m1/s1. The zero-order chi connectivity index (χ0) is 9.26. The van der Waals surface area contributed by atoms with E-state index in [9.17, 15) is 5.11 Å². The predicted octanol–water partition coefficient (Wildman–Crippen LogP) is 2.09. The van der Waals surface area contributed by atoms with Gasteiger partial charge in [0.1, 0.15) is 0 Å². The Morgan fingerprint density at radius 2 is 2.23 bits per heavy atom. The fourth-order valence-electron chi connectivity index (χ4n) is 1.65. The molecule has 13 heavy (non-hydrogen) atoms. The van der Waals surface area contributed by atoms with Crippen molar-refractivity contribution in [2.24, 2.45) is 0 Å². The van der Waals surface area contributed by atoms with Crippen LogP contribution in [0.15, 0.2) is 30.5 Å². The van der Waals surface area contributed by atoms with E-state index in [1.165, 1.54) is 10.9 Å². The molecule has 68 valence electrons. The van der Waals surface area contributed by atoms with Gasteiger partial charge in [-0.15, -0.1) is 0 Å². The molecule has 1 heterocycles. The van der Waals surface area contributed by atoms with Gasteiger partial charge < -0.3 is 10.1 Å². The zero-order valence-corrected chi connectivity index (χ0v) is 7.62. The van der Waals surface area contributed by atoms with Gasteiger partial charge in [-0.3, -0.25) is 0 Å². The van der Waals surface area contributed by atoms with Crippen molar-refractivity contribution < 1.29 is 5.11 Å². The third-order valence-electron chi connectivity index (χ3n) is 2.20. The smallest absolute Gasteiger partial charge is 0.0552 e. The van der Waals surface area contributed by atoms with Crippen molar-refractivity contribution in [3.63, 3.8) is 0 Å². The molecule has 1 aromatic heterocycles. The van der Waals surface area contributed by atoms with E-state index in [0.717, 1.165) is 11.9 Å². The minimum atomic E-state index is -0.277. The number of aromatic amines is 1. The summed E-state index contributed by atoms with van der Waals surface area (Å²) in [6, 6.07) is 8.16. The third kappa shape index (κ3) is 1.58. The molecular weight excluding hydrogens is 162 g/mol. The van der Waals surface area contributed by atoms with Crippen LogP contribution in [-0.2, 0) is 6.42 Å². The molecule has 0 unspecified atom stereocenters. The second kappa shape index (κ2) is 3.23. The molecule has 0 amide bonds. The van der Waals surface area contributed by atoms with Crippen molar-refractivity contribution >= 4 is 10.9 Å². The van der Waals surface area contributed by atoms with E-state index in [1.807, 2.05) is 31.3 Å². The van der Waals surface area contributed by atoms with Crippen molar-refractivity contribution in [1.82, 2.24) is 4.98 Å². The van der Waals surface area contributed by atoms with Crippen molar-refractivity contribution in [2.45, 2.75) is 19.4 Å². The monoisotopic (exact) mass is 175 g/mol. The van der Waals surface area contributed by atoms with E-state index in [4.69, 9.17) is 0 Å². The first-order chi connectivity index (χ1) is 6.27. The summed E-state index contributed by atoms with van der Waals surface area (Å²) >= 11 is 0. The molecule has 2 heteroatoms. The molecule has 1 atom stereocenters. The molecule has 1 aromatic carbocycles. The molecule has 0 saturated heterocycles. The van der Waals surface area contributed by atoms with Gasteiger partial charge in [0.05, 0.1) is 6.10 Å². The van der Waals surface area contributed by atoms with Crippen LogP contribution in [0.1, 0.15) is 12.5 Å². The highest BCUT2D eigenvalue weighted by molar-refractivity contribution is 5.82. The molecule has 0 aliphatic rings. The first kappa shape index (κ1) is 8.32. The van der Waals surface area contributed by atoms with Gasteiger partial charge >= 0.3 is 0 Å². The molecule has 0 radical (unpaired) electrons. The number of H-pyrrole nitrogens is 1. The summed E-state index contributed by atoms with van der Waals surface area (Å²) in [6.45, 7) is 1.81. The Kier molecular flexibility index (Phi) is 2.07. The Bertz CT molecular complexity index is 403. The van der Waals surface area contributed by atoms with Crippen LogP contribution >= 0.6 is 0 Å². The number of hydrogen-bond donors (Lipinski definition) is 2. The number of aliphatic hydroxyl groups excluding tert-OH is 1. The third-order valence-corrected chi connectivity index (χ3v) is 2.20. The average molecular weight is 175 g/mol. The van der Waals surface area contributed by atoms with E-state index in [2.05, 4.69) is 11.1 Å². The Morgan fingerprint density at radius 1 is 1.38 bits per heavy atom. The Morgan fingerprint density at radius 3 is 3.00 bits per heavy atom. The van der Waals surface area contributed by atoms with E-state index < -0.39 is 0 Å². The van der Waals surface area contributed by atoms with E-state index >= 15 is 0 Å². The lowest BCUT2D eigenvalue weighted by Gasteiger charge is -2.05. The molecule has 2 aromatic rings. The maximum absolute atomic E-state index is 9.29. The van der Waals surface area contributed by atoms with Gasteiger partial charge in [-0.2, -0.15) is 0 Å². The lowest BCUT2D eigenvalue weighted by atomic mass is 10.0. The second-order valence-corrected chi connectivity index (χ2v) is 3.41. The maximum atomic E-state index is 9.29. The predicted molar refractivity (Wildman–Crippen MR) is 53.7 cm³/mol. The Balaban J connectivity index is 2.48. The number of rotatable bonds is 2. The minimum Gasteiger partial charge on any atom is -0.393 e. The van der Waals surface area contributed by atoms with E-state index in [0.29, 0.717) is 0 Å². The van der Waals surface area contributed by atoms with Gasteiger partial charge in [0.15, 0.2) is 0 Å². The molecule has 0 aliphatic carbocycles. The molecule has 0 saturated carbocycles. The van der Waals surface area contributed by atoms with Gasteiger partial charge in [-0.25, -0.2) is 0 Å². The van der Waals surface area contributed by atoms with Gasteiger partial charge in [0, 0.05) is 17.1 Å². The van der Waals surface area contributed by atoms with E-state index in [-0.39, 0.29) is 6.10 Å². The number of fused-ring (bicyclic) bond motifs is 1. The maximum Gasteiger partial charge on any atom is 0.0552 e. The van der Waals surface area contributed by atoms with Gasteiger partial charge in [-0.1, -0.05) is 12.1 Å². The second-order valence-electron chi connectivity index (χ2n) is 3.41. The fourth-order valence-corrected chi connectivity index (χ4v) is 1.65. The van der Waals surface area contributed by atoms with Crippen LogP contribution in [0.25, 0.3) is 10.9 Å². The molecule has 2 N–H and O–H groups in total. The summed E-state index contributed by atoms with van der Waals surface area (Å²) in [6.07, 6.45) is 2.37. The number of hydrogen-bond acceptors (Lipinski definition) is 1. The van der Waals surface area contributed by atoms with Crippen molar-refractivity contribution in [3.05, 3.63) is 36.0 Å². The Labute approximate surface area is 77.2 Å². The lowest BCUT2D eigenvalue weighted by molar-refractivity contribution is 0.196. The average Bonchev–Trinajstić information content (AvgIpc) is 2.51. The summed E-state index contributed by atoms with van der Waals surface area (Å²) in [7, 11) is 0. The summed E-state index contributed by atoms with van der Waals surface area (Å²) < 4.78 is 0. The van der Waals surface area contributed by atoms with E-state index in [1.54, 1.807) is 0 Å². The van der Waals surface area contributed by atoms with Crippen LogP contribution in [-0.4, -0.2) is 16.2 Å². The summed E-state index contributed by atoms with van der Waals surface area (Å²) in [5.41, 5.74) is 2.34. The van der Waals surface area contributed by atoms with Crippen molar-refractivity contribution in [2.75, 3.05) is 0 Å². The highest BCUT2D eigenvalue weighted by atomic mass is 16.3. The molecular formula is C11H13NO. The van der Waals surface area contributed by atoms with Crippen LogP contribution in [0.3, 0.4) is 0 Å². The topological polar surface area (TPSA) is 36.0 Å². The van der Waals surface area contributed by atoms with Crippen LogP contribution in [0.2, 0.25) is 0 Å². The van der Waals surface area contributed by atoms with Gasteiger partial charge in [0.2, 0.25) is 0 Å². The zero-order valence-electron chi connectivity index (χ0n) is 7.62. The number of benzene rings is 1. The summed E-state index contributed by atoms with van der Waals surface area (Å²) in [4.78, 5) is 3.15. The molecule has 0 bridgehead atoms. The largest absolute Gasteiger partial charge is 0.393 e. The molecule has 2 rings (SSSR count). The normalized spacial score (nSPS) is 13.4. The molecule has 0 fully saturated rings. The Hall–Kier alpha value is -1.28. The first-order valence-corrected chi connectivity index (χ1v) is 4.50. The van der Waals surface area contributed by atoms with Crippen LogP contribution in [0.5, 0.6) is 0 Å². The van der Waals surface area contributed by atoms with Gasteiger partial charge in [-0.05, 0) is 31.0 Å². The highest BCUT2D eigenvalue weighted by Crippen LogP contribution is 2.18. The molecule has 2 nitrogen and oxygen atoms in total. The molecule has 0 spiro atoms. The SMILES string of the molecule is C[C@@H](O)Cc1cccc2[nH]ccc12. The number of nitrogens with one attached hydrogen (secondary N) is 1. The van der Waals surface area contributed by atoms with Crippen LogP contribution in [0, 0.1) is 0 Å². The molecule has 0 aliphatic heterocycles. The minimum absolute atomic E-state index is 0.277. The first-order valence-electron chi connectivity index (χ1n) is 4.50.